The second-order valence-corrected chi connectivity index (χ2v) is 4.99. The van der Waals surface area contributed by atoms with Gasteiger partial charge in [0.1, 0.15) is 11.2 Å². The van der Waals surface area contributed by atoms with Crippen molar-refractivity contribution in [2.45, 2.75) is 25.1 Å². The number of nitrogens with zero attached hydrogens (tertiary/aromatic N) is 2. The summed E-state index contributed by atoms with van der Waals surface area (Å²) in [6, 6.07) is 0.354. The zero-order valence-corrected chi connectivity index (χ0v) is 12.5. The zero-order chi connectivity index (χ0) is 16.8. The van der Waals surface area contributed by atoms with E-state index < -0.39 is 36.1 Å². The summed E-state index contributed by atoms with van der Waals surface area (Å²) >= 11 is 11.2. The third-order valence-corrected chi connectivity index (χ3v) is 2.73. The van der Waals surface area contributed by atoms with Crippen molar-refractivity contribution in [1.82, 2.24) is 10.3 Å². The second-order valence-electron chi connectivity index (χ2n) is 4.15. The lowest BCUT2D eigenvalue weighted by molar-refractivity contribution is -0.144. The molecule has 1 aromatic rings. The summed E-state index contributed by atoms with van der Waals surface area (Å²) in [5.41, 5.74) is 0.347. The van der Waals surface area contributed by atoms with Crippen LogP contribution in [0.2, 0.25) is 5.02 Å². The van der Waals surface area contributed by atoms with Crippen LogP contribution in [0.5, 0.6) is 0 Å². The van der Waals surface area contributed by atoms with E-state index in [1.807, 2.05) is 0 Å². The summed E-state index contributed by atoms with van der Waals surface area (Å²) in [5.74, 6) is -0.886. The van der Waals surface area contributed by atoms with Crippen molar-refractivity contribution in [2.24, 2.45) is 4.99 Å². The van der Waals surface area contributed by atoms with Crippen molar-refractivity contribution < 1.29 is 18.0 Å². The number of alkyl halides is 3. The molecule has 1 aromatic heterocycles. The monoisotopic (exact) mass is 354 g/mol. The van der Waals surface area contributed by atoms with Gasteiger partial charge >= 0.3 is 6.18 Å². The molecule has 5 nitrogen and oxygen atoms in total. The standard InChI is InChI=1S/C12H11Cl2F3N4O/c13-7-3-8(5-19-4-7)20-6-9(11(14)18)21-10(22)1-2-12(15,16)17/h3-6,9,18H,1-2H2,(H,21,22). The highest BCUT2D eigenvalue weighted by molar-refractivity contribution is 6.67. The molecular weight excluding hydrogens is 344 g/mol. The molecule has 1 atom stereocenters. The second kappa shape index (κ2) is 8.09. The fraction of sp³-hybridized carbons (Fsp3) is 0.333. The summed E-state index contributed by atoms with van der Waals surface area (Å²) in [4.78, 5) is 19.1. The lowest BCUT2D eigenvalue weighted by Gasteiger charge is -2.12. The van der Waals surface area contributed by atoms with Gasteiger partial charge in [-0.05, 0) is 6.07 Å². The number of pyridine rings is 1. The van der Waals surface area contributed by atoms with Gasteiger partial charge in [0, 0.05) is 18.8 Å². The van der Waals surface area contributed by atoms with Gasteiger partial charge in [0.2, 0.25) is 5.91 Å². The molecule has 0 saturated carbocycles. The molecule has 1 heterocycles. The lowest BCUT2D eigenvalue weighted by atomic mass is 10.2. The molecule has 1 unspecified atom stereocenters. The molecule has 10 heteroatoms. The average Bonchev–Trinajstić information content (AvgIpc) is 2.40. The van der Waals surface area contributed by atoms with Crippen molar-refractivity contribution in [3.05, 3.63) is 23.5 Å². The third kappa shape index (κ3) is 7.37. The van der Waals surface area contributed by atoms with Crippen molar-refractivity contribution >= 4 is 46.2 Å². The summed E-state index contributed by atoms with van der Waals surface area (Å²) < 4.78 is 36.1. The fourth-order valence-electron chi connectivity index (χ4n) is 1.30. The number of aromatic nitrogens is 1. The largest absolute Gasteiger partial charge is 0.389 e. The SMILES string of the molecule is N=C(Cl)C(C=Nc1cncc(Cl)c1)NC(=O)CCC(F)(F)F. The van der Waals surface area contributed by atoms with E-state index >= 15 is 0 Å². The number of hydrogen-bond donors (Lipinski definition) is 2. The first-order valence-corrected chi connectivity index (χ1v) is 6.68. The molecule has 22 heavy (non-hydrogen) atoms. The molecule has 0 spiro atoms. The molecule has 0 aliphatic carbocycles. The predicted octanol–water partition coefficient (Wildman–Crippen LogP) is 3.48. The van der Waals surface area contributed by atoms with Crippen molar-refractivity contribution in [1.29, 1.82) is 5.41 Å². The van der Waals surface area contributed by atoms with Crippen LogP contribution < -0.4 is 5.32 Å². The fourth-order valence-corrected chi connectivity index (χ4v) is 1.58. The molecule has 0 aliphatic heterocycles. The van der Waals surface area contributed by atoms with E-state index in [9.17, 15) is 18.0 Å². The highest BCUT2D eigenvalue weighted by atomic mass is 35.5. The normalized spacial score (nSPS) is 13.1. The van der Waals surface area contributed by atoms with Crippen molar-refractivity contribution in [3.8, 4) is 0 Å². The van der Waals surface area contributed by atoms with Crippen LogP contribution in [0.4, 0.5) is 18.9 Å². The third-order valence-electron chi connectivity index (χ3n) is 2.29. The highest BCUT2D eigenvalue weighted by Gasteiger charge is 2.28. The molecule has 2 N–H and O–H groups in total. The maximum absolute atomic E-state index is 12.0. The molecule has 0 aliphatic rings. The number of amides is 1. The van der Waals surface area contributed by atoms with E-state index in [2.05, 4.69) is 15.3 Å². The van der Waals surface area contributed by atoms with Crippen LogP contribution >= 0.6 is 23.2 Å². The van der Waals surface area contributed by atoms with Gasteiger partial charge in [0.05, 0.1) is 23.3 Å². The van der Waals surface area contributed by atoms with Gasteiger partial charge in [-0.1, -0.05) is 23.2 Å². The Bertz CT molecular complexity index is 578. The Kier molecular flexibility index (Phi) is 6.76. The van der Waals surface area contributed by atoms with Crippen LogP contribution in [0.1, 0.15) is 12.8 Å². The number of hydrogen-bond acceptors (Lipinski definition) is 4. The van der Waals surface area contributed by atoms with E-state index in [-0.39, 0.29) is 0 Å². The van der Waals surface area contributed by atoms with Gasteiger partial charge in [0.25, 0.3) is 0 Å². The number of halogens is 5. The molecular formula is C12H11Cl2F3N4O. The summed E-state index contributed by atoms with van der Waals surface area (Å²) in [5, 5.41) is 9.33. The van der Waals surface area contributed by atoms with Crippen LogP contribution in [-0.2, 0) is 4.79 Å². The van der Waals surface area contributed by atoms with Crippen molar-refractivity contribution in [2.75, 3.05) is 0 Å². The maximum Gasteiger partial charge on any atom is 0.389 e. The van der Waals surface area contributed by atoms with E-state index in [1.54, 1.807) is 0 Å². The van der Waals surface area contributed by atoms with Gasteiger partial charge in [-0.15, -0.1) is 0 Å². The minimum Gasteiger partial charge on any atom is -0.342 e. The highest BCUT2D eigenvalue weighted by Crippen LogP contribution is 2.21. The van der Waals surface area contributed by atoms with Crippen LogP contribution in [0.3, 0.4) is 0 Å². The molecule has 0 fully saturated rings. The van der Waals surface area contributed by atoms with E-state index in [4.69, 9.17) is 28.6 Å². The first-order valence-electron chi connectivity index (χ1n) is 5.92. The van der Waals surface area contributed by atoms with Gasteiger partial charge in [-0.25, -0.2) is 0 Å². The van der Waals surface area contributed by atoms with E-state index in [0.29, 0.717) is 10.7 Å². The minimum absolute atomic E-state index is 0.335. The Labute approximate surface area is 134 Å². The molecule has 0 saturated heterocycles. The number of nitrogens with one attached hydrogen (secondary N) is 2. The summed E-state index contributed by atoms with van der Waals surface area (Å²) in [7, 11) is 0. The van der Waals surface area contributed by atoms with Gasteiger partial charge in [-0.2, -0.15) is 13.2 Å². The molecule has 1 rings (SSSR count). The topological polar surface area (TPSA) is 78.2 Å². The number of carbonyl (C=O) groups is 1. The molecule has 0 aromatic carbocycles. The Morgan fingerprint density at radius 2 is 2.18 bits per heavy atom. The Hall–Kier alpha value is -1.67. The van der Waals surface area contributed by atoms with E-state index in [0.717, 1.165) is 6.21 Å². The maximum atomic E-state index is 12.0. The van der Waals surface area contributed by atoms with Crippen LogP contribution in [-0.4, -0.2) is 34.5 Å². The molecule has 0 bridgehead atoms. The summed E-state index contributed by atoms with van der Waals surface area (Å²) in [6.07, 6.45) is -2.55. The number of rotatable bonds is 6. The summed E-state index contributed by atoms with van der Waals surface area (Å²) in [6.45, 7) is 0. The Morgan fingerprint density at radius 3 is 2.73 bits per heavy atom. The number of aliphatic imine (C=N–C) groups is 1. The first kappa shape index (κ1) is 18.4. The minimum atomic E-state index is -4.43. The average molecular weight is 355 g/mol. The lowest BCUT2D eigenvalue weighted by Crippen LogP contribution is -2.40. The number of carbonyl (C=O) groups excluding carboxylic acids is 1. The molecule has 1 amide bonds. The van der Waals surface area contributed by atoms with Crippen LogP contribution in [0, 0.1) is 5.41 Å². The smallest absolute Gasteiger partial charge is 0.342 e. The zero-order valence-electron chi connectivity index (χ0n) is 11.0. The molecule has 0 radical (unpaired) electrons. The molecule has 120 valence electrons. The van der Waals surface area contributed by atoms with Crippen LogP contribution in [0.25, 0.3) is 0 Å². The van der Waals surface area contributed by atoms with Crippen LogP contribution in [0.15, 0.2) is 23.5 Å². The van der Waals surface area contributed by atoms with Gasteiger partial charge in [0.15, 0.2) is 0 Å². The van der Waals surface area contributed by atoms with E-state index in [1.165, 1.54) is 18.5 Å². The Morgan fingerprint density at radius 1 is 1.50 bits per heavy atom. The van der Waals surface area contributed by atoms with Crippen molar-refractivity contribution in [3.63, 3.8) is 0 Å². The quantitative estimate of drug-likeness (QED) is 0.767. The van der Waals surface area contributed by atoms with Gasteiger partial charge in [-0.3, -0.25) is 20.2 Å². The Balaban J connectivity index is 2.66. The predicted molar refractivity (Wildman–Crippen MR) is 78.2 cm³/mol. The van der Waals surface area contributed by atoms with Gasteiger partial charge < -0.3 is 5.32 Å². The first-order chi connectivity index (χ1) is 10.2.